The van der Waals surface area contributed by atoms with Crippen molar-refractivity contribution in [3.05, 3.63) is 65.0 Å². The normalized spacial score (nSPS) is 15.7. The monoisotopic (exact) mass is 390 g/mol. The minimum absolute atomic E-state index is 0.0174. The van der Waals surface area contributed by atoms with Crippen molar-refractivity contribution in [2.75, 3.05) is 26.2 Å². The third-order valence-electron chi connectivity index (χ3n) is 4.84. The summed E-state index contributed by atoms with van der Waals surface area (Å²) in [5, 5.41) is 0. The van der Waals surface area contributed by atoms with Crippen molar-refractivity contribution < 1.29 is 17.6 Å². The largest absolute Gasteiger partial charge is 0.340 e. The summed E-state index contributed by atoms with van der Waals surface area (Å²) in [5.74, 6) is -0.592. The molecular formula is C20H23FN2O3S. The molecule has 1 aliphatic heterocycles. The molecule has 0 bridgehead atoms. The number of aryl methyl sites for hydroxylation is 2. The van der Waals surface area contributed by atoms with Crippen molar-refractivity contribution in [1.29, 1.82) is 0 Å². The first-order chi connectivity index (χ1) is 12.8. The van der Waals surface area contributed by atoms with E-state index in [0.717, 1.165) is 5.56 Å². The lowest BCUT2D eigenvalue weighted by molar-refractivity contribution is -0.131. The summed E-state index contributed by atoms with van der Waals surface area (Å²) in [7, 11) is -3.59. The number of hydrogen-bond donors (Lipinski definition) is 0. The molecule has 2 aromatic rings. The minimum Gasteiger partial charge on any atom is -0.340 e. The van der Waals surface area contributed by atoms with Gasteiger partial charge in [-0.1, -0.05) is 35.9 Å². The van der Waals surface area contributed by atoms with Gasteiger partial charge in [-0.3, -0.25) is 4.79 Å². The van der Waals surface area contributed by atoms with Gasteiger partial charge in [-0.25, -0.2) is 12.8 Å². The van der Waals surface area contributed by atoms with E-state index in [1.165, 1.54) is 10.4 Å². The fourth-order valence-corrected chi connectivity index (χ4v) is 4.95. The molecule has 5 nitrogen and oxygen atoms in total. The maximum absolute atomic E-state index is 13.7. The number of benzene rings is 2. The number of halogens is 1. The Balaban J connectivity index is 1.66. The summed E-state index contributed by atoms with van der Waals surface area (Å²) < 4.78 is 41.0. The van der Waals surface area contributed by atoms with Crippen LogP contribution in [0.5, 0.6) is 0 Å². The van der Waals surface area contributed by atoms with E-state index in [1.54, 1.807) is 42.2 Å². The first-order valence-electron chi connectivity index (χ1n) is 8.87. The van der Waals surface area contributed by atoms with Crippen molar-refractivity contribution in [2.24, 2.45) is 0 Å². The van der Waals surface area contributed by atoms with Crippen LogP contribution in [0.25, 0.3) is 0 Å². The van der Waals surface area contributed by atoms with Crippen LogP contribution in [0.3, 0.4) is 0 Å². The fraction of sp³-hybridized carbons (Fsp3) is 0.350. The van der Waals surface area contributed by atoms with Crippen LogP contribution in [0.1, 0.15) is 16.7 Å². The lowest BCUT2D eigenvalue weighted by Gasteiger charge is -2.34. The Morgan fingerprint density at radius 2 is 1.70 bits per heavy atom. The van der Waals surface area contributed by atoms with Crippen LogP contribution in [0.4, 0.5) is 4.39 Å². The quantitative estimate of drug-likeness (QED) is 0.806. The van der Waals surface area contributed by atoms with Gasteiger partial charge < -0.3 is 4.90 Å². The van der Waals surface area contributed by atoms with Gasteiger partial charge in [0, 0.05) is 26.2 Å². The molecule has 0 atom stereocenters. The van der Waals surface area contributed by atoms with E-state index in [2.05, 4.69) is 0 Å². The first-order valence-corrected chi connectivity index (χ1v) is 10.3. The second-order valence-electron chi connectivity index (χ2n) is 6.82. The highest BCUT2D eigenvalue weighted by Crippen LogP contribution is 2.22. The zero-order valence-corrected chi connectivity index (χ0v) is 16.3. The van der Waals surface area contributed by atoms with Crippen LogP contribution in [0.15, 0.2) is 47.4 Å². The van der Waals surface area contributed by atoms with Crippen molar-refractivity contribution in [3.63, 3.8) is 0 Å². The average molecular weight is 390 g/mol. The summed E-state index contributed by atoms with van der Waals surface area (Å²) in [6.45, 7) is 4.78. The predicted octanol–water partition coefficient (Wildman–Crippen LogP) is 2.52. The van der Waals surface area contributed by atoms with Gasteiger partial charge in [0.2, 0.25) is 15.9 Å². The molecule has 0 aliphatic carbocycles. The van der Waals surface area contributed by atoms with Crippen LogP contribution in [-0.2, 0) is 21.2 Å². The van der Waals surface area contributed by atoms with Crippen LogP contribution in [-0.4, -0.2) is 49.7 Å². The maximum atomic E-state index is 13.7. The topological polar surface area (TPSA) is 57.7 Å². The summed E-state index contributed by atoms with van der Waals surface area (Å²) in [4.78, 5) is 14.3. The number of carbonyl (C=O) groups is 1. The zero-order valence-electron chi connectivity index (χ0n) is 15.5. The molecule has 0 aromatic heterocycles. The molecule has 0 unspecified atom stereocenters. The highest BCUT2D eigenvalue weighted by molar-refractivity contribution is 7.89. The molecule has 1 saturated heterocycles. The van der Waals surface area contributed by atoms with Crippen molar-refractivity contribution in [2.45, 2.75) is 25.2 Å². The Morgan fingerprint density at radius 1 is 1.04 bits per heavy atom. The summed E-state index contributed by atoms with van der Waals surface area (Å²) in [6, 6.07) is 11.5. The average Bonchev–Trinajstić information content (AvgIpc) is 2.63. The lowest BCUT2D eigenvalue weighted by Crippen LogP contribution is -2.51. The predicted molar refractivity (Wildman–Crippen MR) is 101 cm³/mol. The Bertz CT molecular complexity index is 951. The maximum Gasteiger partial charge on any atom is 0.243 e. The van der Waals surface area contributed by atoms with Gasteiger partial charge in [0.25, 0.3) is 0 Å². The van der Waals surface area contributed by atoms with E-state index in [1.807, 2.05) is 13.0 Å². The number of amides is 1. The fourth-order valence-electron chi connectivity index (χ4n) is 3.32. The molecule has 27 heavy (non-hydrogen) atoms. The number of hydrogen-bond acceptors (Lipinski definition) is 3. The van der Waals surface area contributed by atoms with E-state index in [4.69, 9.17) is 0 Å². The highest BCUT2D eigenvalue weighted by Gasteiger charge is 2.31. The number of piperazine rings is 1. The lowest BCUT2D eigenvalue weighted by atomic mass is 10.1. The van der Waals surface area contributed by atoms with E-state index >= 15 is 0 Å². The molecule has 144 valence electrons. The van der Waals surface area contributed by atoms with Crippen LogP contribution >= 0.6 is 0 Å². The van der Waals surface area contributed by atoms with Crippen molar-refractivity contribution in [3.8, 4) is 0 Å². The number of carbonyl (C=O) groups excluding carboxylic acids is 1. The highest BCUT2D eigenvalue weighted by atomic mass is 32.2. The molecule has 1 fully saturated rings. The number of nitrogens with zero attached hydrogens (tertiary/aromatic N) is 2. The third-order valence-corrected chi connectivity index (χ3v) is 6.90. The van der Waals surface area contributed by atoms with Gasteiger partial charge in [-0.05, 0) is 37.1 Å². The van der Waals surface area contributed by atoms with E-state index in [9.17, 15) is 17.6 Å². The first kappa shape index (κ1) is 19.5. The van der Waals surface area contributed by atoms with Gasteiger partial charge in [0.15, 0.2) is 0 Å². The van der Waals surface area contributed by atoms with E-state index < -0.39 is 15.8 Å². The molecular weight excluding hydrogens is 367 g/mol. The molecule has 0 saturated carbocycles. The molecule has 0 N–H and O–H groups in total. The number of rotatable bonds is 4. The molecule has 0 spiro atoms. The van der Waals surface area contributed by atoms with Crippen LogP contribution in [0.2, 0.25) is 0 Å². The molecule has 3 rings (SSSR count). The summed E-state index contributed by atoms with van der Waals surface area (Å²) in [6.07, 6.45) is -0.0174. The Labute approximate surface area is 159 Å². The molecule has 1 aliphatic rings. The van der Waals surface area contributed by atoms with E-state index in [0.29, 0.717) is 29.1 Å². The molecule has 1 amide bonds. The van der Waals surface area contributed by atoms with Gasteiger partial charge in [-0.15, -0.1) is 0 Å². The Morgan fingerprint density at radius 3 is 2.33 bits per heavy atom. The Kier molecular flexibility index (Phi) is 5.62. The molecule has 7 heteroatoms. The second-order valence-corrected chi connectivity index (χ2v) is 8.73. The van der Waals surface area contributed by atoms with Crippen molar-refractivity contribution >= 4 is 15.9 Å². The van der Waals surface area contributed by atoms with E-state index in [-0.39, 0.29) is 25.4 Å². The SMILES string of the molecule is Cc1ccc(S(=O)(=O)N2CCN(C(=O)Cc3ccccc3F)CC2)c(C)c1. The molecule has 2 aromatic carbocycles. The van der Waals surface area contributed by atoms with Gasteiger partial charge in [-0.2, -0.15) is 4.31 Å². The summed E-state index contributed by atoms with van der Waals surface area (Å²) in [5.41, 5.74) is 2.08. The van der Waals surface area contributed by atoms with Gasteiger partial charge in [0.1, 0.15) is 5.82 Å². The molecule has 0 radical (unpaired) electrons. The number of sulfonamides is 1. The van der Waals surface area contributed by atoms with Crippen LogP contribution < -0.4 is 0 Å². The third kappa shape index (κ3) is 4.20. The second kappa shape index (κ2) is 7.78. The van der Waals surface area contributed by atoms with Crippen LogP contribution in [0, 0.1) is 19.7 Å². The minimum atomic E-state index is -3.59. The molecule has 1 heterocycles. The van der Waals surface area contributed by atoms with Gasteiger partial charge >= 0.3 is 0 Å². The zero-order chi connectivity index (χ0) is 19.6. The summed E-state index contributed by atoms with van der Waals surface area (Å²) >= 11 is 0. The smallest absolute Gasteiger partial charge is 0.243 e. The standard InChI is InChI=1S/C20H23FN2O3S/c1-15-7-8-19(16(2)13-15)27(25,26)23-11-9-22(10-12-23)20(24)14-17-5-3-4-6-18(17)21/h3-8,13H,9-12,14H2,1-2H3. The van der Waals surface area contributed by atoms with Gasteiger partial charge in [0.05, 0.1) is 11.3 Å². The Hall–Kier alpha value is -2.25. The van der Waals surface area contributed by atoms with Crippen molar-refractivity contribution in [1.82, 2.24) is 9.21 Å².